The number of sulfonamides is 1. The molecule has 35 heavy (non-hydrogen) atoms. The van der Waals surface area contributed by atoms with Crippen molar-refractivity contribution < 1.29 is 17.9 Å². The zero-order valence-electron chi connectivity index (χ0n) is 19.5. The Morgan fingerprint density at radius 2 is 1.63 bits per heavy atom. The number of morpholine rings is 1. The summed E-state index contributed by atoms with van der Waals surface area (Å²) < 4.78 is 32.3. The summed E-state index contributed by atoms with van der Waals surface area (Å²) in [4.78, 5) is 15.5. The van der Waals surface area contributed by atoms with E-state index in [1.165, 1.54) is 27.6 Å². The first kappa shape index (κ1) is 23.7. The Kier molecular flexibility index (Phi) is 6.97. The number of nitrogens with zero attached hydrogens (tertiary/aromatic N) is 2. The third-order valence-corrected chi connectivity index (χ3v) is 8.44. The van der Waals surface area contributed by atoms with Crippen LogP contribution in [0.15, 0.2) is 77.7 Å². The molecule has 1 amide bonds. The molecule has 7 nitrogen and oxygen atoms in total. The lowest BCUT2D eigenvalue weighted by Crippen LogP contribution is -2.40. The molecule has 0 aliphatic carbocycles. The summed E-state index contributed by atoms with van der Waals surface area (Å²) in [5, 5.41) is 2.88. The summed E-state index contributed by atoms with van der Waals surface area (Å²) in [6.45, 7) is 4.18. The van der Waals surface area contributed by atoms with E-state index in [9.17, 15) is 13.2 Å². The third-order valence-electron chi connectivity index (χ3n) is 6.53. The summed E-state index contributed by atoms with van der Waals surface area (Å²) in [6, 6.07) is 22.5. The molecule has 0 bridgehead atoms. The van der Waals surface area contributed by atoms with Gasteiger partial charge in [-0.3, -0.25) is 9.69 Å². The number of hydrogen-bond donors (Lipinski definition) is 1. The summed E-state index contributed by atoms with van der Waals surface area (Å²) in [5.74, 6) is -0.223. The number of carbonyl (C=O) groups excluding carboxylic acids is 1. The van der Waals surface area contributed by atoms with E-state index >= 15 is 0 Å². The highest BCUT2D eigenvalue weighted by atomic mass is 32.2. The smallest absolute Gasteiger partial charge is 0.255 e. The lowest BCUT2D eigenvalue weighted by molar-refractivity contribution is 0.0730. The molecule has 2 aliphatic heterocycles. The standard InChI is InChI=1S/C27H29N3O4S/c31-27(28-25-8-10-26(11-9-25)35(32,33)30-14-16-34-17-15-30)23-7-3-4-21(18-23)19-29-13-12-22-5-1-2-6-24(22)20-29/h1-11,18H,12-17,19-20H2,(H,28,31). The van der Waals surface area contributed by atoms with E-state index in [0.717, 1.165) is 31.6 Å². The van der Waals surface area contributed by atoms with Gasteiger partial charge < -0.3 is 10.1 Å². The molecule has 3 aromatic rings. The monoisotopic (exact) mass is 491 g/mol. The molecule has 0 aromatic heterocycles. The Balaban J connectivity index is 1.22. The molecule has 2 heterocycles. The topological polar surface area (TPSA) is 79.0 Å². The number of hydrogen-bond acceptors (Lipinski definition) is 5. The zero-order chi connectivity index (χ0) is 24.3. The molecule has 0 unspecified atom stereocenters. The molecule has 2 aliphatic rings. The number of carbonyl (C=O) groups is 1. The van der Waals surface area contributed by atoms with Crippen molar-refractivity contribution in [2.75, 3.05) is 38.2 Å². The van der Waals surface area contributed by atoms with Crippen LogP contribution in [0.4, 0.5) is 5.69 Å². The van der Waals surface area contributed by atoms with Crippen molar-refractivity contribution >= 4 is 21.6 Å². The molecule has 3 aromatic carbocycles. The first-order valence-electron chi connectivity index (χ1n) is 11.9. The van der Waals surface area contributed by atoms with Gasteiger partial charge in [0, 0.05) is 44.0 Å². The summed E-state index contributed by atoms with van der Waals surface area (Å²) >= 11 is 0. The van der Waals surface area contributed by atoms with Crippen LogP contribution < -0.4 is 5.32 Å². The van der Waals surface area contributed by atoms with Gasteiger partial charge in [-0.05, 0) is 59.5 Å². The lowest BCUT2D eigenvalue weighted by atomic mass is 9.99. The second-order valence-electron chi connectivity index (χ2n) is 8.92. The Bertz CT molecular complexity index is 1300. The molecule has 0 atom stereocenters. The van der Waals surface area contributed by atoms with Crippen LogP contribution in [-0.2, 0) is 34.3 Å². The highest BCUT2D eigenvalue weighted by Gasteiger charge is 2.26. The molecular weight excluding hydrogens is 462 g/mol. The quantitative estimate of drug-likeness (QED) is 0.571. The van der Waals surface area contributed by atoms with Gasteiger partial charge in [0.1, 0.15) is 0 Å². The summed E-state index contributed by atoms with van der Waals surface area (Å²) in [6.07, 6.45) is 1.04. The van der Waals surface area contributed by atoms with Crippen LogP contribution in [-0.4, -0.2) is 56.4 Å². The molecule has 0 spiro atoms. The van der Waals surface area contributed by atoms with Gasteiger partial charge in [0.05, 0.1) is 18.1 Å². The molecule has 182 valence electrons. The fraction of sp³-hybridized carbons (Fsp3) is 0.296. The fourth-order valence-corrected chi connectivity index (χ4v) is 6.02. The molecular formula is C27H29N3O4S. The Hall–Kier alpha value is -3.04. The van der Waals surface area contributed by atoms with Crippen molar-refractivity contribution in [1.82, 2.24) is 9.21 Å². The zero-order valence-corrected chi connectivity index (χ0v) is 20.3. The molecule has 1 saturated heterocycles. The number of anilines is 1. The Morgan fingerprint density at radius 1 is 0.886 bits per heavy atom. The van der Waals surface area contributed by atoms with Gasteiger partial charge in [-0.1, -0.05) is 36.4 Å². The Labute approximate surface area is 206 Å². The van der Waals surface area contributed by atoms with Gasteiger partial charge in [-0.2, -0.15) is 4.31 Å². The summed E-state index contributed by atoms with van der Waals surface area (Å²) in [5.41, 5.74) is 5.00. The number of nitrogens with one attached hydrogen (secondary N) is 1. The number of benzene rings is 3. The fourth-order valence-electron chi connectivity index (χ4n) is 4.61. The number of rotatable bonds is 6. The van der Waals surface area contributed by atoms with E-state index in [-0.39, 0.29) is 10.8 Å². The predicted molar refractivity (Wildman–Crippen MR) is 135 cm³/mol. The molecule has 5 rings (SSSR count). The maximum Gasteiger partial charge on any atom is 0.255 e. The third kappa shape index (κ3) is 5.46. The van der Waals surface area contributed by atoms with E-state index < -0.39 is 10.0 Å². The predicted octanol–water partition coefficient (Wildman–Crippen LogP) is 3.52. The minimum atomic E-state index is -3.56. The van der Waals surface area contributed by atoms with Crippen molar-refractivity contribution in [2.24, 2.45) is 0 Å². The van der Waals surface area contributed by atoms with Gasteiger partial charge in [-0.15, -0.1) is 0 Å². The van der Waals surface area contributed by atoms with Gasteiger partial charge in [0.2, 0.25) is 10.0 Å². The van der Waals surface area contributed by atoms with Crippen LogP contribution in [0.2, 0.25) is 0 Å². The molecule has 0 radical (unpaired) electrons. The van der Waals surface area contributed by atoms with Crippen molar-refractivity contribution in [3.8, 4) is 0 Å². The average molecular weight is 492 g/mol. The van der Waals surface area contributed by atoms with E-state index in [0.29, 0.717) is 37.6 Å². The number of ether oxygens (including phenoxy) is 1. The van der Waals surface area contributed by atoms with Gasteiger partial charge in [0.25, 0.3) is 5.91 Å². The van der Waals surface area contributed by atoms with E-state index in [1.54, 1.807) is 18.2 Å². The van der Waals surface area contributed by atoms with Crippen LogP contribution in [0.3, 0.4) is 0 Å². The molecule has 0 saturated carbocycles. The SMILES string of the molecule is O=C(Nc1ccc(S(=O)(=O)N2CCOCC2)cc1)c1cccc(CN2CCc3ccccc3C2)c1. The maximum absolute atomic E-state index is 12.9. The van der Waals surface area contributed by atoms with Crippen molar-refractivity contribution in [2.45, 2.75) is 24.4 Å². The van der Waals surface area contributed by atoms with Crippen LogP contribution >= 0.6 is 0 Å². The van der Waals surface area contributed by atoms with Crippen molar-refractivity contribution in [3.05, 3.63) is 95.1 Å². The van der Waals surface area contributed by atoms with Crippen LogP contribution in [0.5, 0.6) is 0 Å². The lowest BCUT2D eigenvalue weighted by Gasteiger charge is -2.28. The average Bonchev–Trinajstić information content (AvgIpc) is 2.89. The van der Waals surface area contributed by atoms with Gasteiger partial charge >= 0.3 is 0 Å². The second-order valence-corrected chi connectivity index (χ2v) is 10.9. The molecule has 1 N–H and O–H groups in total. The van der Waals surface area contributed by atoms with Crippen LogP contribution in [0.25, 0.3) is 0 Å². The highest BCUT2D eigenvalue weighted by molar-refractivity contribution is 7.89. The first-order valence-corrected chi connectivity index (χ1v) is 13.3. The van der Waals surface area contributed by atoms with E-state index in [4.69, 9.17) is 4.74 Å². The van der Waals surface area contributed by atoms with Crippen molar-refractivity contribution in [3.63, 3.8) is 0 Å². The van der Waals surface area contributed by atoms with Crippen molar-refractivity contribution in [1.29, 1.82) is 0 Å². The van der Waals surface area contributed by atoms with E-state index in [2.05, 4.69) is 34.5 Å². The minimum Gasteiger partial charge on any atom is -0.379 e. The maximum atomic E-state index is 12.9. The normalized spacial score (nSPS) is 17.0. The molecule has 8 heteroatoms. The second kappa shape index (κ2) is 10.3. The van der Waals surface area contributed by atoms with Gasteiger partial charge in [0.15, 0.2) is 0 Å². The number of amides is 1. The van der Waals surface area contributed by atoms with Crippen LogP contribution in [0.1, 0.15) is 27.0 Å². The van der Waals surface area contributed by atoms with Gasteiger partial charge in [-0.25, -0.2) is 8.42 Å². The van der Waals surface area contributed by atoms with Crippen LogP contribution in [0, 0.1) is 0 Å². The molecule has 1 fully saturated rings. The Morgan fingerprint density at radius 3 is 2.40 bits per heavy atom. The number of fused-ring (bicyclic) bond motifs is 1. The van der Waals surface area contributed by atoms with E-state index in [1.807, 2.05) is 18.2 Å². The largest absolute Gasteiger partial charge is 0.379 e. The first-order chi connectivity index (χ1) is 17.0. The summed E-state index contributed by atoms with van der Waals surface area (Å²) in [7, 11) is -3.56. The minimum absolute atomic E-state index is 0.211. The highest BCUT2D eigenvalue weighted by Crippen LogP contribution is 2.22.